The smallest absolute Gasteiger partial charge is 0.249 e. The topological polar surface area (TPSA) is 182 Å². The molecule has 10 rings (SSSR count). The van der Waals surface area contributed by atoms with Gasteiger partial charge in [0, 0.05) is 87.4 Å². The van der Waals surface area contributed by atoms with E-state index in [9.17, 15) is 19.6 Å². The maximum atomic E-state index is 15.4. The van der Waals surface area contributed by atoms with Crippen molar-refractivity contribution in [1.82, 2.24) is 44.5 Å². The molecule has 5 aliphatic rings. The number of carbonyl (C=O) groups excluding carboxylic acids is 3. The maximum absolute atomic E-state index is 15.4. The maximum Gasteiger partial charge on any atom is 0.249 e. The molecule has 1 aliphatic carbocycles. The molecule has 1 unspecified atom stereocenters. The number of pyridine rings is 1. The summed E-state index contributed by atoms with van der Waals surface area (Å²) < 4.78 is 25.0. The second kappa shape index (κ2) is 17.7. The summed E-state index contributed by atoms with van der Waals surface area (Å²) in [6.07, 6.45) is 14.3. The number of piperazine rings is 2. The average molecular weight is 898 g/mol. The van der Waals surface area contributed by atoms with Gasteiger partial charge < -0.3 is 24.8 Å². The number of fused-ring (bicyclic) bond motifs is 3. The highest BCUT2D eigenvalue weighted by molar-refractivity contribution is 6.01. The number of nitrogens with one attached hydrogen (secondary N) is 2. The van der Waals surface area contributed by atoms with Crippen LogP contribution >= 0.6 is 0 Å². The van der Waals surface area contributed by atoms with Crippen LogP contribution in [0.25, 0.3) is 28.0 Å². The van der Waals surface area contributed by atoms with Gasteiger partial charge in [-0.15, -0.1) is 0 Å². The van der Waals surface area contributed by atoms with E-state index in [1.807, 2.05) is 35.6 Å². The minimum atomic E-state index is -0.562. The normalized spacial score (nSPS) is 24.0. The molecule has 3 amide bonds. The third-order valence-corrected chi connectivity index (χ3v) is 13.8. The molecule has 4 aliphatic heterocycles. The van der Waals surface area contributed by atoms with Crippen molar-refractivity contribution >= 4 is 40.4 Å². The van der Waals surface area contributed by atoms with Crippen molar-refractivity contribution < 1.29 is 23.5 Å². The Balaban J connectivity index is 0.769. The van der Waals surface area contributed by atoms with Crippen molar-refractivity contribution in [3.63, 3.8) is 0 Å². The van der Waals surface area contributed by atoms with Crippen molar-refractivity contribution in [2.24, 2.45) is 5.41 Å². The summed E-state index contributed by atoms with van der Waals surface area (Å²) in [5.74, 6) is -0.00195. The number of rotatable bonds is 9. The van der Waals surface area contributed by atoms with Crippen LogP contribution in [0.3, 0.4) is 0 Å². The van der Waals surface area contributed by atoms with Crippen LogP contribution in [-0.2, 0) is 19.1 Å². The lowest BCUT2D eigenvalue weighted by molar-refractivity contribution is -0.149. The summed E-state index contributed by atoms with van der Waals surface area (Å²) in [6, 6.07) is 11.3. The number of nitrogens with zero attached hydrogens (tertiary/aromatic N) is 11. The Kier molecular flexibility index (Phi) is 11.7. The third-order valence-electron chi connectivity index (χ3n) is 13.8. The van der Waals surface area contributed by atoms with E-state index in [-0.39, 0.29) is 53.5 Å². The number of hydrogen-bond donors (Lipinski definition) is 2. The molecular formula is C48H56FN13O4. The van der Waals surface area contributed by atoms with Crippen LogP contribution in [0.4, 0.5) is 21.6 Å². The number of amides is 3. The van der Waals surface area contributed by atoms with Gasteiger partial charge in [0.25, 0.3) is 0 Å². The molecule has 5 fully saturated rings. The van der Waals surface area contributed by atoms with Crippen LogP contribution in [0.15, 0.2) is 61.3 Å². The number of nitriles is 1. The zero-order valence-corrected chi connectivity index (χ0v) is 37.7. The number of aromatic nitrogens is 6. The Morgan fingerprint density at radius 1 is 0.894 bits per heavy atom. The number of hydrogen-bond acceptors (Lipinski definition) is 13. The van der Waals surface area contributed by atoms with E-state index in [0.29, 0.717) is 79.0 Å². The predicted molar refractivity (Wildman–Crippen MR) is 245 cm³/mol. The quantitative estimate of drug-likeness (QED) is 0.188. The first-order valence-electron chi connectivity index (χ1n) is 23.2. The number of carbonyl (C=O) groups is 3. The van der Waals surface area contributed by atoms with Crippen molar-refractivity contribution in [3.05, 3.63) is 72.7 Å². The zero-order valence-electron chi connectivity index (χ0n) is 37.7. The Bertz CT molecular complexity index is 2660. The van der Waals surface area contributed by atoms with Crippen LogP contribution < -0.4 is 20.4 Å². The second-order valence-corrected chi connectivity index (χ2v) is 19.6. The standard InChI is InChI=1S/C48H56FN13O4/c1-48(2,3)19-44(64)62-36-25-59(26-37(62)29-66-28-36)42-12-4-30(21-51-42)45-46-31(20-50)22-53-61(46)27-40(55-45)32-23-52-60(24-32)35-8-6-34(7-9-35)57-14-16-58(17-15-57)41-11-5-33(18-38(41)49)54-39-10-13-43(63)56-47(39)65/h4-5,11-12,18,21-24,27,34-37,39,54H,6-10,13-17,19,25-26,28-29H2,1-3H3,(H,56,63,65)/t34-,35+,36-,37+,39?. The molecule has 17 nitrogen and oxygen atoms in total. The molecule has 4 saturated heterocycles. The molecule has 344 valence electrons. The third kappa shape index (κ3) is 8.81. The number of imide groups is 1. The van der Waals surface area contributed by atoms with E-state index in [1.54, 1.807) is 22.8 Å². The van der Waals surface area contributed by atoms with Gasteiger partial charge in [0.05, 0.1) is 67.0 Å². The minimum Gasteiger partial charge on any atom is -0.377 e. The van der Waals surface area contributed by atoms with E-state index in [2.05, 4.69) is 68.2 Å². The van der Waals surface area contributed by atoms with Gasteiger partial charge in [0.1, 0.15) is 34.8 Å². The van der Waals surface area contributed by atoms with E-state index in [4.69, 9.17) is 19.8 Å². The molecule has 2 N–H and O–H groups in total. The van der Waals surface area contributed by atoms with Gasteiger partial charge >= 0.3 is 0 Å². The number of benzene rings is 1. The fourth-order valence-electron chi connectivity index (χ4n) is 10.5. The monoisotopic (exact) mass is 897 g/mol. The number of ether oxygens (including phenoxy) is 1. The number of halogens is 1. The van der Waals surface area contributed by atoms with Crippen LogP contribution in [0.2, 0.25) is 0 Å². The first-order valence-corrected chi connectivity index (χ1v) is 23.2. The predicted octanol–water partition coefficient (Wildman–Crippen LogP) is 5.04. The Morgan fingerprint density at radius 2 is 1.65 bits per heavy atom. The molecule has 8 heterocycles. The summed E-state index contributed by atoms with van der Waals surface area (Å²) in [5.41, 5.74) is 4.94. The summed E-state index contributed by atoms with van der Waals surface area (Å²) >= 11 is 0. The summed E-state index contributed by atoms with van der Waals surface area (Å²) in [6.45, 7) is 11.7. The van der Waals surface area contributed by atoms with Gasteiger partial charge in [0.15, 0.2) is 0 Å². The Hall–Kier alpha value is -6.45. The van der Waals surface area contributed by atoms with Gasteiger partial charge in [-0.1, -0.05) is 20.8 Å². The SMILES string of the molecule is CC(C)(C)CC(=O)N1[C@@H]2COC[C@H]1CN(c1ccc(-c3nc(-c4cnn([C@H]5CC[C@@H](N6CCN(c7ccc(NC8CCC(=O)NC8=O)cc7F)CC6)CC5)c4)cn4ncc(C#N)c34)cn1)C2. The van der Waals surface area contributed by atoms with Crippen LogP contribution in [0.5, 0.6) is 0 Å². The molecule has 5 aromatic rings. The first kappa shape index (κ1) is 43.4. The fourth-order valence-corrected chi connectivity index (χ4v) is 10.5. The Morgan fingerprint density at radius 3 is 2.33 bits per heavy atom. The van der Waals surface area contributed by atoms with Gasteiger partial charge in [0.2, 0.25) is 17.7 Å². The van der Waals surface area contributed by atoms with Gasteiger partial charge in [-0.05, 0) is 67.9 Å². The van der Waals surface area contributed by atoms with E-state index >= 15 is 4.39 Å². The van der Waals surface area contributed by atoms with Crippen molar-refractivity contribution in [3.8, 4) is 28.6 Å². The first-order chi connectivity index (χ1) is 31.9. The summed E-state index contributed by atoms with van der Waals surface area (Å²) in [5, 5.41) is 24.8. The largest absolute Gasteiger partial charge is 0.377 e. The zero-order chi connectivity index (χ0) is 45.7. The molecule has 4 aromatic heterocycles. The number of piperidine rings is 1. The molecule has 1 aromatic carbocycles. The molecule has 2 bridgehead atoms. The summed E-state index contributed by atoms with van der Waals surface area (Å²) in [4.78, 5) is 56.0. The Labute approximate surface area is 382 Å². The lowest BCUT2D eigenvalue weighted by atomic mass is 9.90. The van der Waals surface area contributed by atoms with Crippen molar-refractivity contribution in [2.75, 3.05) is 67.6 Å². The highest BCUT2D eigenvalue weighted by atomic mass is 19.1. The molecule has 66 heavy (non-hydrogen) atoms. The van der Waals surface area contributed by atoms with Gasteiger partial charge in [-0.2, -0.15) is 15.5 Å². The van der Waals surface area contributed by atoms with E-state index < -0.39 is 6.04 Å². The van der Waals surface area contributed by atoms with Gasteiger partial charge in [-0.3, -0.25) is 29.3 Å². The molecular weight excluding hydrogens is 842 g/mol. The molecule has 0 radical (unpaired) electrons. The van der Waals surface area contributed by atoms with Gasteiger partial charge in [-0.25, -0.2) is 18.9 Å². The van der Waals surface area contributed by atoms with Crippen molar-refractivity contribution in [2.45, 2.75) is 95.9 Å². The van der Waals surface area contributed by atoms with Crippen molar-refractivity contribution in [1.29, 1.82) is 5.26 Å². The minimum absolute atomic E-state index is 0.0421. The molecule has 0 spiro atoms. The number of morpholine rings is 1. The molecule has 18 heteroatoms. The van der Waals surface area contributed by atoms with Crippen LogP contribution in [-0.4, -0.2) is 134 Å². The molecule has 3 atom stereocenters. The van der Waals surface area contributed by atoms with E-state index in [0.717, 1.165) is 68.8 Å². The average Bonchev–Trinajstić information content (AvgIpc) is 3.97. The van der Waals surface area contributed by atoms with E-state index in [1.165, 1.54) is 6.07 Å². The second-order valence-electron chi connectivity index (χ2n) is 19.6. The highest BCUT2D eigenvalue weighted by Gasteiger charge is 2.42. The van der Waals surface area contributed by atoms with Crippen LogP contribution in [0, 0.1) is 22.6 Å². The lowest BCUT2D eigenvalue weighted by Gasteiger charge is -2.50. The highest BCUT2D eigenvalue weighted by Crippen LogP contribution is 2.36. The number of anilines is 3. The molecule has 1 saturated carbocycles. The summed E-state index contributed by atoms with van der Waals surface area (Å²) in [7, 11) is 0. The lowest BCUT2D eigenvalue weighted by Crippen LogP contribution is -2.66. The fraction of sp³-hybridized carbons (Fsp3) is 0.500. The van der Waals surface area contributed by atoms with Crippen LogP contribution in [0.1, 0.15) is 77.3 Å².